The molecule has 5 nitrogen and oxygen atoms in total. The normalized spacial score (nSPS) is 16.1. The van der Waals surface area contributed by atoms with Crippen LogP contribution in [0.1, 0.15) is 51.9 Å². The summed E-state index contributed by atoms with van der Waals surface area (Å²) < 4.78 is 13.3. The number of nitrogens with one attached hydrogen (secondary N) is 1. The van der Waals surface area contributed by atoms with Crippen molar-refractivity contribution in [2.75, 3.05) is 0 Å². The van der Waals surface area contributed by atoms with Crippen LogP contribution in [0.25, 0.3) is 76.9 Å². The first-order chi connectivity index (χ1) is 31.2. The van der Waals surface area contributed by atoms with E-state index in [-0.39, 0.29) is 5.92 Å². The lowest BCUT2D eigenvalue weighted by molar-refractivity contribution is 0.662. The summed E-state index contributed by atoms with van der Waals surface area (Å²) in [6, 6.07) is 69.0. The van der Waals surface area contributed by atoms with Gasteiger partial charge in [-0.15, -0.1) is 0 Å². The van der Waals surface area contributed by atoms with Crippen molar-refractivity contribution >= 4 is 66.3 Å². The van der Waals surface area contributed by atoms with Crippen molar-refractivity contribution in [2.45, 2.75) is 24.9 Å². The molecule has 63 heavy (non-hydrogen) atoms. The van der Waals surface area contributed by atoms with E-state index in [0.29, 0.717) is 5.84 Å². The highest BCUT2D eigenvalue weighted by Crippen LogP contribution is 2.47. The van der Waals surface area contributed by atoms with Crippen LogP contribution >= 0.6 is 0 Å². The van der Waals surface area contributed by atoms with Crippen LogP contribution in [-0.4, -0.2) is 11.7 Å². The first kappa shape index (κ1) is 35.7. The van der Waals surface area contributed by atoms with Gasteiger partial charge in [0.15, 0.2) is 5.84 Å². The minimum absolute atomic E-state index is 0.0191. The monoisotopic (exact) mass is 809 g/mol. The van der Waals surface area contributed by atoms with E-state index in [1.165, 1.54) is 44.2 Å². The Bertz CT molecular complexity index is 3670. The van der Waals surface area contributed by atoms with Gasteiger partial charge in [0.2, 0.25) is 0 Å². The number of amidine groups is 2. The number of hydrogen-bond acceptors (Lipinski definition) is 5. The zero-order valence-corrected chi connectivity index (χ0v) is 34.3. The first-order valence-corrected chi connectivity index (χ1v) is 21.8. The van der Waals surface area contributed by atoms with Crippen molar-refractivity contribution < 1.29 is 8.83 Å². The fourth-order valence-electron chi connectivity index (χ4n) is 10.2. The molecule has 0 spiro atoms. The maximum absolute atomic E-state index is 6.67. The van der Waals surface area contributed by atoms with E-state index < -0.39 is 6.17 Å². The summed E-state index contributed by atoms with van der Waals surface area (Å²) in [4.78, 5) is 10.9. The molecule has 0 radical (unpaired) electrons. The van der Waals surface area contributed by atoms with Crippen molar-refractivity contribution in [3.05, 3.63) is 228 Å². The molecule has 0 saturated heterocycles. The van der Waals surface area contributed by atoms with Gasteiger partial charge in [-0.3, -0.25) is 0 Å². The summed E-state index contributed by atoms with van der Waals surface area (Å²) in [5.74, 6) is 1.40. The molecule has 0 amide bonds. The molecule has 2 aromatic heterocycles. The van der Waals surface area contributed by atoms with Crippen LogP contribution in [0.4, 0.5) is 0 Å². The number of furan rings is 2. The van der Waals surface area contributed by atoms with Gasteiger partial charge in [0.05, 0.1) is 5.56 Å². The molecule has 0 bridgehead atoms. The third kappa shape index (κ3) is 5.84. The molecule has 2 aliphatic rings. The molecular weight excluding hydrogens is 771 g/mol. The first-order valence-electron chi connectivity index (χ1n) is 21.8. The second kappa shape index (κ2) is 14.3. The van der Waals surface area contributed by atoms with E-state index in [2.05, 4.69) is 187 Å². The maximum atomic E-state index is 6.67. The molecule has 13 rings (SSSR count). The molecule has 1 aliphatic heterocycles. The molecule has 5 heteroatoms. The molecule has 9 aromatic carbocycles. The average molecular weight is 810 g/mol. The maximum Gasteiger partial charge on any atom is 0.163 e. The number of aliphatic imine (C=N–C) groups is 2. The van der Waals surface area contributed by atoms with E-state index in [4.69, 9.17) is 18.8 Å². The zero-order chi connectivity index (χ0) is 41.4. The van der Waals surface area contributed by atoms with E-state index in [1.807, 2.05) is 12.1 Å². The van der Waals surface area contributed by atoms with Gasteiger partial charge in [-0.05, 0) is 105 Å². The predicted octanol–water partition coefficient (Wildman–Crippen LogP) is 14.5. The Hall–Kier alpha value is -8.02. The van der Waals surface area contributed by atoms with Gasteiger partial charge in [0.25, 0.3) is 0 Å². The van der Waals surface area contributed by atoms with E-state index >= 15 is 0 Å². The number of aryl methyl sites for hydroxylation is 1. The molecular formula is C58H39N3O2. The quantitative estimate of drug-likeness (QED) is 0.188. The second-order valence-electron chi connectivity index (χ2n) is 16.8. The molecule has 0 saturated carbocycles. The van der Waals surface area contributed by atoms with Crippen LogP contribution in [0, 0.1) is 0 Å². The zero-order valence-electron chi connectivity index (χ0n) is 34.3. The summed E-state index contributed by atoms with van der Waals surface area (Å²) in [5.41, 5.74) is 15.0. The largest absolute Gasteiger partial charge is 0.456 e. The van der Waals surface area contributed by atoms with Crippen LogP contribution in [0.3, 0.4) is 0 Å². The minimum atomic E-state index is -0.431. The number of hydrogen-bond donors (Lipinski definition) is 1. The highest BCUT2D eigenvalue weighted by atomic mass is 16.3. The SMILES string of the molecule is c1ccc(-c2ccc(C3N=C(c4cccc5c4oc4ccccc45)N=C(c4ccc5oc6ccccc6c5c4C4CCc5cc6ccccc6cc5-c5ccccc54)N3)cc2)cc1. The molecule has 298 valence electrons. The average Bonchev–Trinajstić information content (AvgIpc) is 3.88. The van der Waals surface area contributed by atoms with E-state index in [1.54, 1.807) is 0 Å². The van der Waals surface area contributed by atoms with Gasteiger partial charge in [-0.2, -0.15) is 0 Å². The number of para-hydroxylation sites is 3. The number of rotatable bonds is 5. The molecule has 2 atom stereocenters. The molecule has 2 unspecified atom stereocenters. The molecule has 1 aliphatic carbocycles. The Morgan fingerprint density at radius 3 is 2.03 bits per heavy atom. The Morgan fingerprint density at radius 2 is 1.17 bits per heavy atom. The topological polar surface area (TPSA) is 63.0 Å². The molecule has 0 fully saturated rings. The highest BCUT2D eigenvalue weighted by molar-refractivity contribution is 6.21. The summed E-state index contributed by atoms with van der Waals surface area (Å²) >= 11 is 0. The Labute approximate surface area is 363 Å². The molecule has 3 heterocycles. The summed E-state index contributed by atoms with van der Waals surface area (Å²) in [6.07, 6.45) is 1.40. The predicted molar refractivity (Wildman–Crippen MR) is 258 cm³/mol. The summed E-state index contributed by atoms with van der Waals surface area (Å²) in [7, 11) is 0. The highest BCUT2D eigenvalue weighted by Gasteiger charge is 2.32. The van der Waals surface area contributed by atoms with Crippen LogP contribution in [-0.2, 0) is 6.42 Å². The van der Waals surface area contributed by atoms with Crippen LogP contribution in [0.2, 0.25) is 0 Å². The lowest BCUT2D eigenvalue weighted by Gasteiger charge is -2.28. The minimum Gasteiger partial charge on any atom is -0.456 e. The Balaban J connectivity index is 1.04. The molecule has 11 aromatic rings. The van der Waals surface area contributed by atoms with Gasteiger partial charge < -0.3 is 14.2 Å². The van der Waals surface area contributed by atoms with Gasteiger partial charge in [0, 0.05) is 33.0 Å². The van der Waals surface area contributed by atoms with Gasteiger partial charge in [-0.25, -0.2) is 9.98 Å². The smallest absolute Gasteiger partial charge is 0.163 e. The van der Waals surface area contributed by atoms with E-state index in [0.717, 1.165) is 84.8 Å². The number of fused-ring (bicyclic) bond motifs is 10. The van der Waals surface area contributed by atoms with Crippen molar-refractivity contribution in [2.24, 2.45) is 9.98 Å². The van der Waals surface area contributed by atoms with Crippen LogP contribution < -0.4 is 5.32 Å². The van der Waals surface area contributed by atoms with Gasteiger partial charge >= 0.3 is 0 Å². The fraction of sp³-hybridized carbons (Fsp3) is 0.0690. The third-order valence-electron chi connectivity index (χ3n) is 13.2. The Morgan fingerprint density at radius 1 is 0.492 bits per heavy atom. The summed E-state index contributed by atoms with van der Waals surface area (Å²) in [5, 5.41) is 10.7. The van der Waals surface area contributed by atoms with Crippen molar-refractivity contribution in [1.82, 2.24) is 5.32 Å². The third-order valence-corrected chi connectivity index (χ3v) is 13.2. The number of benzene rings is 9. The van der Waals surface area contributed by atoms with Gasteiger partial charge in [-0.1, -0.05) is 158 Å². The lowest BCUT2D eigenvalue weighted by Crippen LogP contribution is -2.34. The second-order valence-corrected chi connectivity index (χ2v) is 16.8. The van der Waals surface area contributed by atoms with Crippen molar-refractivity contribution in [3.8, 4) is 22.3 Å². The number of nitrogens with zero attached hydrogens (tertiary/aromatic N) is 2. The molecule has 1 N–H and O–H groups in total. The summed E-state index contributed by atoms with van der Waals surface area (Å²) in [6.45, 7) is 0. The van der Waals surface area contributed by atoms with Crippen molar-refractivity contribution in [3.63, 3.8) is 0 Å². The fourth-order valence-corrected chi connectivity index (χ4v) is 10.2. The van der Waals surface area contributed by atoms with E-state index in [9.17, 15) is 0 Å². The lowest BCUT2D eigenvalue weighted by atomic mass is 9.81. The standard InChI is InChI=1S/C58H39N3O2/c1-2-13-35(14-3-1)36-25-27-37(28-26-36)56-59-57(61-58(60-56)48-22-12-21-45-43-19-8-10-23-50(43)63-55(45)48)47-31-32-52-54(46-20-9-11-24-51(46)62-52)53(47)44-30-29-40-33-38-15-4-5-16-39(38)34-49(40)42-18-7-6-17-41(42)44/h1-28,31-34,44,56H,29-30H2,(H,59,60,61). The van der Waals surface area contributed by atoms with Crippen LogP contribution in [0.5, 0.6) is 0 Å². The van der Waals surface area contributed by atoms with Crippen LogP contribution in [0.15, 0.2) is 213 Å². The van der Waals surface area contributed by atoms with Crippen molar-refractivity contribution in [1.29, 1.82) is 0 Å². The van der Waals surface area contributed by atoms with Gasteiger partial charge in [0.1, 0.15) is 34.3 Å². The Kier molecular flexibility index (Phi) is 8.10.